The summed E-state index contributed by atoms with van der Waals surface area (Å²) >= 11 is 0. The van der Waals surface area contributed by atoms with Crippen LogP contribution in [0.1, 0.15) is 19.7 Å². The van der Waals surface area contributed by atoms with Gasteiger partial charge in [0.15, 0.2) is 0 Å². The van der Waals surface area contributed by atoms with E-state index in [9.17, 15) is 8.42 Å². The van der Waals surface area contributed by atoms with Gasteiger partial charge in [-0.1, -0.05) is 12.1 Å². The average molecular weight is 352 g/mol. The summed E-state index contributed by atoms with van der Waals surface area (Å²) in [6.07, 6.45) is 0. The molecular formula is C16H24N4O3S. The topological polar surface area (TPSA) is 76.5 Å². The number of imidazole rings is 1. The zero-order chi connectivity index (χ0) is 17.4. The fraction of sp³-hybridized carbons (Fsp3) is 0.562. The van der Waals surface area contributed by atoms with E-state index in [-0.39, 0.29) is 0 Å². The zero-order valence-electron chi connectivity index (χ0n) is 14.3. The van der Waals surface area contributed by atoms with Crippen molar-refractivity contribution in [3.63, 3.8) is 0 Å². The van der Waals surface area contributed by atoms with Crippen molar-refractivity contribution in [3.8, 4) is 0 Å². The fourth-order valence-corrected chi connectivity index (χ4v) is 4.36. The summed E-state index contributed by atoms with van der Waals surface area (Å²) in [6.45, 7) is 7.74. The Morgan fingerprint density at radius 2 is 2.08 bits per heavy atom. The van der Waals surface area contributed by atoms with Crippen LogP contribution in [0.5, 0.6) is 0 Å². The van der Waals surface area contributed by atoms with Crippen LogP contribution in [0.15, 0.2) is 24.3 Å². The summed E-state index contributed by atoms with van der Waals surface area (Å²) in [5.41, 5.74) is 1.49. The number of nitrogens with zero attached hydrogens (tertiary/aromatic N) is 3. The Labute approximate surface area is 142 Å². The minimum absolute atomic E-state index is 0.321. The molecule has 132 valence electrons. The molecule has 1 aromatic carbocycles. The van der Waals surface area contributed by atoms with Crippen LogP contribution in [0.4, 0.5) is 0 Å². The second-order valence-electron chi connectivity index (χ2n) is 6.64. The van der Waals surface area contributed by atoms with E-state index in [0.717, 1.165) is 16.9 Å². The summed E-state index contributed by atoms with van der Waals surface area (Å²) in [4.78, 5) is 4.50. The van der Waals surface area contributed by atoms with Gasteiger partial charge in [-0.25, -0.2) is 9.71 Å². The van der Waals surface area contributed by atoms with Crippen molar-refractivity contribution in [2.45, 2.75) is 32.9 Å². The van der Waals surface area contributed by atoms with Crippen LogP contribution in [0.3, 0.4) is 0 Å². The molecule has 1 saturated heterocycles. The monoisotopic (exact) mass is 352 g/mol. The Kier molecular flexibility index (Phi) is 4.65. The number of nitrogens with one attached hydrogen (secondary N) is 1. The van der Waals surface area contributed by atoms with Crippen molar-refractivity contribution in [1.82, 2.24) is 18.6 Å². The van der Waals surface area contributed by atoms with Crippen molar-refractivity contribution in [1.29, 1.82) is 0 Å². The van der Waals surface area contributed by atoms with Gasteiger partial charge in [-0.15, -0.1) is 0 Å². The molecular weight excluding hydrogens is 328 g/mol. The first-order chi connectivity index (χ1) is 11.3. The largest absolute Gasteiger partial charge is 0.373 e. The molecule has 1 N–H and O–H groups in total. The lowest BCUT2D eigenvalue weighted by Crippen LogP contribution is -2.53. The molecule has 24 heavy (non-hydrogen) atoms. The van der Waals surface area contributed by atoms with Crippen LogP contribution in [0.25, 0.3) is 11.0 Å². The van der Waals surface area contributed by atoms with Gasteiger partial charge >= 0.3 is 0 Å². The fourth-order valence-electron chi connectivity index (χ4n) is 3.03. The predicted molar refractivity (Wildman–Crippen MR) is 93.0 cm³/mol. The highest BCUT2D eigenvalue weighted by atomic mass is 32.2. The second-order valence-corrected chi connectivity index (χ2v) is 8.40. The van der Waals surface area contributed by atoms with E-state index >= 15 is 0 Å². The van der Waals surface area contributed by atoms with Gasteiger partial charge in [-0.3, -0.25) is 0 Å². The van der Waals surface area contributed by atoms with Crippen LogP contribution < -0.4 is 4.72 Å². The summed E-state index contributed by atoms with van der Waals surface area (Å²) in [6, 6.07) is 7.86. The van der Waals surface area contributed by atoms with E-state index in [1.54, 1.807) is 0 Å². The molecule has 7 nitrogen and oxygen atoms in total. The zero-order valence-corrected chi connectivity index (χ0v) is 15.1. The summed E-state index contributed by atoms with van der Waals surface area (Å²) in [7, 11) is -3.50. The van der Waals surface area contributed by atoms with Gasteiger partial charge in [-0.2, -0.15) is 12.7 Å². The average Bonchev–Trinajstić information content (AvgIpc) is 2.82. The molecule has 1 fully saturated rings. The molecule has 3 rings (SSSR count). The Morgan fingerprint density at radius 1 is 1.33 bits per heavy atom. The molecule has 0 radical (unpaired) electrons. The number of fused-ring (bicyclic) bond motifs is 1. The van der Waals surface area contributed by atoms with Crippen molar-refractivity contribution in [3.05, 3.63) is 30.1 Å². The maximum Gasteiger partial charge on any atom is 0.279 e. The number of aryl methyl sites for hydroxylation is 1. The van der Waals surface area contributed by atoms with E-state index in [2.05, 4.69) is 9.71 Å². The molecule has 2 aromatic rings. The van der Waals surface area contributed by atoms with Gasteiger partial charge < -0.3 is 9.30 Å². The molecule has 0 bridgehead atoms. The highest BCUT2D eigenvalue weighted by molar-refractivity contribution is 7.87. The van der Waals surface area contributed by atoms with Crippen LogP contribution in [0, 0.1) is 6.92 Å². The molecule has 0 amide bonds. The number of ether oxygens (including phenoxy) is 1. The molecule has 1 aliphatic rings. The lowest BCUT2D eigenvalue weighted by Gasteiger charge is -2.37. The maximum atomic E-state index is 12.5. The van der Waals surface area contributed by atoms with Crippen molar-refractivity contribution in [2.24, 2.45) is 0 Å². The molecule has 0 aliphatic carbocycles. The SMILES string of the molecule is Cc1nc2ccccc2n1CCNS(=O)(=O)N1CCOC(C)(C)C1. The number of aromatic nitrogens is 2. The van der Waals surface area contributed by atoms with E-state index in [1.807, 2.05) is 49.6 Å². The summed E-state index contributed by atoms with van der Waals surface area (Å²) in [5.74, 6) is 0.878. The van der Waals surface area contributed by atoms with Crippen LogP contribution >= 0.6 is 0 Å². The maximum absolute atomic E-state index is 12.5. The van der Waals surface area contributed by atoms with Gasteiger partial charge in [0.1, 0.15) is 5.82 Å². The second kappa shape index (κ2) is 6.44. The van der Waals surface area contributed by atoms with Gasteiger partial charge in [0.05, 0.1) is 23.2 Å². The highest BCUT2D eigenvalue weighted by Gasteiger charge is 2.33. The Balaban J connectivity index is 1.66. The lowest BCUT2D eigenvalue weighted by atomic mass is 10.1. The molecule has 2 heterocycles. The van der Waals surface area contributed by atoms with E-state index in [1.165, 1.54) is 4.31 Å². The van der Waals surface area contributed by atoms with Gasteiger partial charge in [0.2, 0.25) is 0 Å². The predicted octanol–water partition coefficient (Wildman–Crippen LogP) is 1.29. The molecule has 1 aromatic heterocycles. The number of hydrogen-bond acceptors (Lipinski definition) is 4. The van der Waals surface area contributed by atoms with E-state index in [0.29, 0.717) is 32.8 Å². The minimum atomic E-state index is -3.50. The van der Waals surface area contributed by atoms with Gasteiger partial charge in [0.25, 0.3) is 10.2 Å². The number of para-hydroxylation sites is 2. The summed E-state index contributed by atoms with van der Waals surface area (Å²) in [5, 5.41) is 0. The molecule has 0 spiro atoms. The van der Waals surface area contributed by atoms with E-state index < -0.39 is 15.8 Å². The lowest BCUT2D eigenvalue weighted by molar-refractivity contribution is -0.0643. The Hall–Kier alpha value is -1.48. The number of rotatable bonds is 5. The van der Waals surface area contributed by atoms with Crippen LogP contribution in [-0.4, -0.2) is 54.1 Å². The smallest absolute Gasteiger partial charge is 0.279 e. The number of benzene rings is 1. The standard InChI is InChI=1S/C16H24N4O3S/c1-13-18-14-6-4-5-7-15(14)20(13)9-8-17-24(21,22)19-10-11-23-16(2,3)12-19/h4-7,17H,8-12H2,1-3H3. The minimum Gasteiger partial charge on any atom is -0.373 e. The Bertz CT molecular complexity index is 829. The van der Waals surface area contributed by atoms with Gasteiger partial charge in [0, 0.05) is 26.2 Å². The number of hydrogen-bond donors (Lipinski definition) is 1. The molecule has 8 heteroatoms. The molecule has 0 unspecified atom stereocenters. The third-order valence-electron chi connectivity index (χ3n) is 4.20. The van der Waals surface area contributed by atoms with Crippen molar-refractivity contribution in [2.75, 3.05) is 26.2 Å². The third kappa shape index (κ3) is 3.61. The normalized spacial score (nSPS) is 19.0. The van der Waals surface area contributed by atoms with Gasteiger partial charge in [-0.05, 0) is 32.9 Å². The first-order valence-corrected chi connectivity index (χ1v) is 9.53. The molecule has 1 aliphatic heterocycles. The quantitative estimate of drug-likeness (QED) is 0.880. The first-order valence-electron chi connectivity index (χ1n) is 8.09. The van der Waals surface area contributed by atoms with Crippen molar-refractivity contribution >= 4 is 21.2 Å². The van der Waals surface area contributed by atoms with Crippen molar-refractivity contribution < 1.29 is 13.2 Å². The number of morpholine rings is 1. The summed E-state index contributed by atoms with van der Waals surface area (Å²) < 4.78 is 36.7. The first kappa shape index (κ1) is 17.3. The van der Waals surface area contributed by atoms with E-state index in [4.69, 9.17) is 4.74 Å². The van der Waals surface area contributed by atoms with Crippen LogP contribution in [0.2, 0.25) is 0 Å². The van der Waals surface area contributed by atoms with Crippen LogP contribution in [-0.2, 0) is 21.5 Å². The molecule has 0 atom stereocenters. The molecule has 0 saturated carbocycles. The highest BCUT2D eigenvalue weighted by Crippen LogP contribution is 2.18. The Morgan fingerprint density at radius 3 is 2.83 bits per heavy atom. The third-order valence-corrected chi connectivity index (χ3v) is 5.76.